The lowest BCUT2D eigenvalue weighted by molar-refractivity contribution is -0.129. The van der Waals surface area contributed by atoms with Crippen molar-refractivity contribution in [3.63, 3.8) is 0 Å². The molecule has 0 bridgehead atoms. The summed E-state index contributed by atoms with van der Waals surface area (Å²) in [6, 6.07) is 6.62. The summed E-state index contributed by atoms with van der Waals surface area (Å²) in [5.41, 5.74) is 1.55. The van der Waals surface area contributed by atoms with E-state index in [-0.39, 0.29) is 35.7 Å². The van der Waals surface area contributed by atoms with Crippen molar-refractivity contribution in [3.8, 4) is 0 Å². The number of carbonyl (C=O) groups excluding carboxylic acids is 2. The van der Waals surface area contributed by atoms with Crippen LogP contribution in [0.15, 0.2) is 28.8 Å². The van der Waals surface area contributed by atoms with E-state index in [1.54, 1.807) is 24.0 Å². The minimum Gasteiger partial charge on any atom is -0.360 e. The second-order valence-corrected chi connectivity index (χ2v) is 6.79. The predicted molar refractivity (Wildman–Crippen MR) is 92.7 cm³/mol. The van der Waals surface area contributed by atoms with Crippen molar-refractivity contribution in [1.29, 1.82) is 0 Å². The SMILES string of the molecule is Cc1cc(NC(=O)CSCC(=O)N2CCc3cccc(F)c3C2)no1. The van der Waals surface area contributed by atoms with Gasteiger partial charge >= 0.3 is 0 Å². The first-order valence-electron chi connectivity index (χ1n) is 7.88. The average molecular weight is 363 g/mol. The van der Waals surface area contributed by atoms with E-state index in [2.05, 4.69) is 10.5 Å². The van der Waals surface area contributed by atoms with Gasteiger partial charge in [0.25, 0.3) is 0 Å². The quantitative estimate of drug-likeness (QED) is 0.883. The van der Waals surface area contributed by atoms with Gasteiger partial charge < -0.3 is 14.7 Å². The van der Waals surface area contributed by atoms with Crippen LogP contribution in [0.4, 0.5) is 10.2 Å². The van der Waals surface area contributed by atoms with E-state index in [4.69, 9.17) is 4.52 Å². The molecular weight excluding hydrogens is 345 g/mol. The van der Waals surface area contributed by atoms with Gasteiger partial charge in [-0.25, -0.2) is 4.39 Å². The Bertz CT molecular complexity index is 793. The van der Waals surface area contributed by atoms with Crippen LogP contribution in [0, 0.1) is 12.7 Å². The molecule has 1 aromatic carbocycles. The molecule has 2 aromatic rings. The van der Waals surface area contributed by atoms with Crippen molar-refractivity contribution in [1.82, 2.24) is 10.1 Å². The van der Waals surface area contributed by atoms with Gasteiger partial charge in [0.1, 0.15) is 11.6 Å². The number of aryl methyl sites for hydroxylation is 1. The van der Waals surface area contributed by atoms with Crippen molar-refractivity contribution in [2.45, 2.75) is 19.9 Å². The van der Waals surface area contributed by atoms with Crippen LogP contribution in [0.5, 0.6) is 0 Å². The molecule has 25 heavy (non-hydrogen) atoms. The van der Waals surface area contributed by atoms with Crippen LogP contribution in [0.3, 0.4) is 0 Å². The summed E-state index contributed by atoms with van der Waals surface area (Å²) in [6.07, 6.45) is 0.648. The Labute approximate surface area is 148 Å². The second kappa shape index (κ2) is 7.69. The molecule has 0 spiro atoms. The fourth-order valence-corrected chi connectivity index (χ4v) is 3.40. The number of aromatic nitrogens is 1. The molecule has 2 heterocycles. The third-order valence-corrected chi connectivity index (χ3v) is 4.84. The van der Waals surface area contributed by atoms with Crippen molar-refractivity contribution in [2.24, 2.45) is 0 Å². The fraction of sp³-hybridized carbons (Fsp3) is 0.353. The first kappa shape index (κ1) is 17.5. The lowest BCUT2D eigenvalue weighted by Crippen LogP contribution is -2.37. The summed E-state index contributed by atoms with van der Waals surface area (Å²) in [4.78, 5) is 25.7. The number of anilines is 1. The average Bonchev–Trinajstić information content (AvgIpc) is 2.99. The molecule has 0 unspecified atom stereocenters. The standard InChI is InChI=1S/C17H18FN3O3S/c1-11-7-15(20-24-11)19-16(22)9-25-10-17(23)21-6-5-12-3-2-4-14(18)13(12)8-21/h2-4,7H,5-6,8-10H2,1H3,(H,19,20,22). The number of hydrogen-bond acceptors (Lipinski definition) is 5. The maximum atomic E-state index is 13.9. The van der Waals surface area contributed by atoms with Crippen LogP contribution in [0.25, 0.3) is 0 Å². The summed E-state index contributed by atoms with van der Waals surface area (Å²) in [5, 5.41) is 6.27. The second-order valence-electron chi connectivity index (χ2n) is 5.81. The van der Waals surface area contributed by atoms with E-state index < -0.39 is 0 Å². The monoisotopic (exact) mass is 363 g/mol. The highest BCUT2D eigenvalue weighted by atomic mass is 32.2. The largest absolute Gasteiger partial charge is 0.360 e. The first-order valence-corrected chi connectivity index (χ1v) is 9.03. The number of amides is 2. The highest BCUT2D eigenvalue weighted by Crippen LogP contribution is 2.22. The van der Waals surface area contributed by atoms with Crippen molar-refractivity contribution in [3.05, 3.63) is 47.0 Å². The van der Waals surface area contributed by atoms with Gasteiger partial charge in [0.05, 0.1) is 11.5 Å². The molecule has 1 aromatic heterocycles. The maximum absolute atomic E-state index is 13.9. The van der Waals surface area contributed by atoms with Gasteiger partial charge in [-0.1, -0.05) is 17.3 Å². The summed E-state index contributed by atoms with van der Waals surface area (Å²) < 4.78 is 18.7. The Morgan fingerprint density at radius 3 is 3.00 bits per heavy atom. The molecular formula is C17H18FN3O3S. The molecule has 1 N–H and O–H groups in total. The number of nitrogens with one attached hydrogen (secondary N) is 1. The van der Waals surface area contributed by atoms with Crippen LogP contribution in [-0.2, 0) is 22.6 Å². The number of thioether (sulfide) groups is 1. The van der Waals surface area contributed by atoms with E-state index in [0.717, 1.165) is 5.56 Å². The molecule has 6 nitrogen and oxygen atoms in total. The first-order chi connectivity index (χ1) is 12.0. The third-order valence-electron chi connectivity index (χ3n) is 3.92. The van der Waals surface area contributed by atoms with E-state index in [0.29, 0.717) is 30.1 Å². The third kappa shape index (κ3) is 4.39. The van der Waals surface area contributed by atoms with Crippen molar-refractivity contribution < 1.29 is 18.5 Å². The number of rotatable bonds is 5. The zero-order valence-corrected chi connectivity index (χ0v) is 14.6. The molecule has 0 atom stereocenters. The van der Waals surface area contributed by atoms with E-state index in [1.165, 1.54) is 17.8 Å². The van der Waals surface area contributed by atoms with Crippen LogP contribution >= 0.6 is 11.8 Å². The summed E-state index contributed by atoms with van der Waals surface area (Å²) in [6.45, 7) is 2.59. The summed E-state index contributed by atoms with van der Waals surface area (Å²) in [7, 11) is 0. The van der Waals surface area contributed by atoms with Crippen LogP contribution in [0.1, 0.15) is 16.9 Å². The molecule has 3 rings (SSSR count). The van der Waals surface area contributed by atoms with Crippen LogP contribution < -0.4 is 5.32 Å². The normalized spacial score (nSPS) is 13.4. The van der Waals surface area contributed by atoms with Crippen molar-refractivity contribution >= 4 is 29.4 Å². The molecule has 0 saturated carbocycles. The van der Waals surface area contributed by atoms with Gasteiger partial charge in [-0.05, 0) is 25.0 Å². The molecule has 2 amide bonds. The Balaban J connectivity index is 1.45. The Hall–Kier alpha value is -2.35. The Morgan fingerprint density at radius 2 is 2.24 bits per heavy atom. The molecule has 1 aliphatic heterocycles. The van der Waals surface area contributed by atoms with Gasteiger partial charge in [-0.3, -0.25) is 9.59 Å². The van der Waals surface area contributed by atoms with E-state index in [9.17, 15) is 14.0 Å². The van der Waals surface area contributed by atoms with Gasteiger partial charge in [0.15, 0.2) is 5.82 Å². The smallest absolute Gasteiger partial charge is 0.235 e. The molecule has 0 fully saturated rings. The molecule has 8 heteroatoms. The number of halogens is 1. The summed E-state index contributed by atoms with van der Waals surface area (Å²) >= 11 is 1.22. The zero-order valence-electron chi connectivity index (χ0n) is 13.8. The number of hydrogen-bond donors (Lipinski definition) is 1. The van der Waals surface area contributed by atoms with Crippen LogP contribution in [-0.4, -0.2) is 39.9 Å². The summed E-state index contributed by atoms with van der Waals surface area (Å²) in [5.74, 6) is 0.661. The molecule has 132 valence electrons. The predicted octanol–water partition coefficient (Wildman–Crippen LogP) is 2.38. The van der Waals surface area contributed by atoms with Gasteiger partial charge in [-0.15, -0.1) is 11.8 Å². The number of carbonyl (C=O) groups is 2. The Morgan fingerprint density at radius 1 is 1.40 bits per heavy atom. The van der Waals surface area contributed by atoms with Gasteiger partial charge in [0.2, 0.25) is 11.8 Å². The van der Waals surface area contributed by atoms with Gasteiger partial charge in [-0.2, -0.15) is 0 Å². The minimum atomic E-state index is -0.273. The number of benzene rings is 1. The number of nitrogens with zero attached hydrogens (tertiary/aromatic N) is 2. The topological polar surface area (TPSA) is 75.4 Å². The Kier molecular flexibility index (Phi) is 5.37. The van der Waals surface area contributed by atoms with E-state index in [1.807, 2.05) is 6.07 Å². The maximum Gasteiger partial charge on any atom is 0.235 e. The van der Waals surface area contributed by atoms with Crippen LogP contribution in [0.2, 0.25) is 0 Å². The molecule has 0 radical (unpaired) electrons. The molecule has 0 aliphatic carbocycles. The fourth-order valence-electron chi connectivity index (χ4n) is 2.68. The van der Waals surface area contributed by atoms with Gasteiger partial charge in [0, 0.05) is 24.7 Å². The molecule has 0 saturated heterocycles. The van der Waals surface area contributed by atoms with E-state index >= 15 is 0 Å². The highest BCUT2D eigenvalue weighted by molar-refractivity contribution is 8.00. The minimum absolute atomic E-state index is 0.0935. The van der Waals surface area contributed by atoms with Crippen molar-refractivity contribution in [2.75, 3.05) is 23.4 Å². The highest BCUT2D eigenvalue weighted by Gasteiger charge is 2.22. The number of fused-ring (bicyclic) bond motifs is 1. The lowest BCUT2D eigenvalue weighted by atomic mass is 9.99. The lowest BCUT2D eigenvalue weighted by Gasteiger charge is -2.29. The molecule has 1 aliphatic rings. The zero-order chi connectivity index (χ0) is 17.8.